The molecule has 0 unspecified atom stereocenters. The summed E-state index contributed by atoms with van der Waals surface area (Å²) in [6, 6.07) is 23.6. The van der Waals surface area contributed by atoms with Gasteiger partial charge in [0.15, 0.2) is 0 Å². The van der Waals surface area contributed by atoms with E-state index in [9.17, 15) is 41.7 Å². The zero-order valence-electron chi connectivity index (χ0n) is 36.2. The van der Waals surface area contributed by atoms with E-state index >= 15 is 0 Å². The van der Waals surface area contributed by atoms with Crippen LogP contribution in [0.2, 0.25) is 0 Å². The van der Waals surface area contributed by atoms with Gasteiger partial charge < -0.3 is 38.9 Å². The quantitative estimate of drug-likeness (QED) is 0.0790. The van der Waals surface area contributed by atoms with Gasteiger partial charge in [0.2, 0.25) is 0 Å². The molecule has 0 aliphatic carbocycles. The van der Waals surface area contributed by atoms with Crippen molar-refractivity contribution in [2.75, 3.05) is 98.7 Å². The van der Waals surface area contributed by atoms with Crippen molar-refractivity contribution < 1.29 is 55.8 Å². The lowest BCUT2D eigenvalue weighted by Gasteiger charge is -2.35. The molecule has 4 saturated heterocycles. The second kappa shape index (κ2) is 22.3. The summed E-state index contributed by atoms with van der Waals surface area (Å²) in [5, 5.41) is 19.4. The fourth-order valence-electron chi connectivity index (χ4n) is 7.35. The highest BCUT2D eigenvalue weighted by atomic mass is 35.7. The van der Waals surface area contributed by atoms with Crippen molar-refractivity contribution in [3.8, 4) is 0 Å². The van der Waals surface area contributed by atoms with E-state index < -0.39 is 38.1 Å². The Morgan fingerprint density at radius 2 is 1.32 bits per heavy atom. The molecule has 354 valence electrons. The number of nitro benzene ring substituents is 1. The molecule has 66 heavy (non-hydrogen) atoms. The minimum absolute atomic E-state index is 0.104. The average Bonchev–Trinajstić information content (AvgIpc) is 3.90. The number of anilines is 4. The molecule has 4 aromatic carbocycles. The van der Waals surface area contributed by atoms with Crippen molar-refractivity contribution in [1.82, 2.24) is 9.80 Å². The van der Waals surface area contributed by atoms with Gasteiger partial charge >= 0.3 is 18.3 Å². The number of hydrogen-bond donors (Lipinski definition) is 1. The SMILES string of the molecule is CC[C@H]1CN(c2ccc(N3CCN(C)CC3)c(F)c2)C(=O)O1.O=C(OCc1ccccc1)N1CCN(c2ccc(N3C[C@H](CO)OC3=O)cc2F)CC1.O=[N+]([O-])c1cccc(S(=O)(=O)Cl)c1. The molecule has 8 rings (SSSR count). The maximum Gasteiger partial charge on any atom is 0.414 e. The number of rotatable bonds is 10. The van der Waals surface area contributed by atoms with Gasteiger partial charge in [-0.25, -0.2) is 31.6 Å². The summed E-state index contributed by atoms with van der Waals surface area (Å²) in [6.07, 6.45) is -1.32. The molecular weight excluding hydrogens is 908 g/mol. The normalized spacial score (nSPS) is 18.7. The van der Waals surface area contributed by atoms with Crippen LogP contribution in [0, 0.1) is 21.7 Å². The number of halogens is 3. The fraction of sp³-hybridized carbons (Fsp3) is 0.386. The predicted octanol–water partition coefficient (Wildman–Crippen LogP) is 6.44. The third-order valence-corrected chi connectivity index (χ3v) is 12.5. The third kappa shape index (κ3) is 12.7. The molecule has 1 N–H and O–H groups in total. The van der Waals surface area contributed by atoms with Gasteiger partial charge in [0.1, 0.15) is 30.4 Å². The lowest BCUT2D eigenvalue weighted by Crippen LogP contribution is -2.49. The van der Waals surface area contributed by atoms with Crippen LogP contribution in [0.15, 0.2) is 95.9 Å². The van der Waals surface area contributed by atoms with Crippen LogP contribution in [0.5, 0.6) is 0 Å². The molecule has 18 nitrogen and oxygen atoms in total. The van der Waals surface area contributed by atoms with Gasteiger partial charge in [0.05, 0.1) is 52.3 Å². The first-order chi connectivity index (χ1) is 31.5. The molecule has 22 heteroatoms. The summed E-state index contributed by atoms with van der Waals surface area (Å²) in [5.74, 6) is -0.743. The number of benzene rings is 4. The minimum atomic E-state index is -3.89. The number of likely N-dealkylation sites (N-methyl/N-ethyl adjacent to an activating group) is 1. The summed E-state index contributed by atoms with van der Waals surface area (Å²) in [7, 11) is 3.16. The first-order valence-electron chi connectivity index (χ1n) is 21.0. The Morgan fingerprint density at radius 3 is 1.79 bits per heavy atom. The zero-order chi connectivity index (χ0) is 47.5. The number of aliphatic hydroxyl groups is 1. The molecule has 0 saturated carbocycles. The van der Waals surface area contributed by atoms with Crippen molar-refractivity contribution in [2.45, 2.75) is 37.1 Å². The Hall–Kier alpha value is -6.29. The van der Waals surface area contributed by atoms with E-state index in [1.54, 1.807) is 29.2 Å². The monoisotopic (exact) mass is 957 g/mol. The Morgan fingerprint density at radius 1 is 0.788 bits per heavy atom. The number of nitrogens with zero attached hydrogens (tertiary/aromatic N) is 7. The van der Waals surface area contributed by atoms with Gasteiger partial charge in [-0.1, -0.05) is 43.3 Å². The molecule has 0 bridgehead atoms. The van der Waals surface area contributed by atoms with Crippen molar-refractivity contribution in [1.29, 1.82) is 0 Å². The maximum absolute atomic E-state index is 14.8. The van der Waals surface area contributed by atoms with Gasteiger partial charge in [0.25, 0.3) is 14.7 Å². The molecule has 0 aromatic heterocycles. The van der Waals surface area contributed by atoms with Crippen LogP contribution >= 0.6 is 10.7 Å². The lowest BCUT2D eigenvalue weighted by molar-refractivity contribution is -0.385. The van der Waals surface area contributed by atoms with Gasteiger partial charge in [-0.3, -0.25) is 19.9 Å². The summed E-state index contributed by atoms with van der Waals surface area (Å²) in [6.45, 7) is 7.84. The molecule has 3 amide bonds. The molecule has 4 aromatic rings. The zero-order valence-corrected chi connectivity index (χ0v) is 37.8. The van der Waals surface area contributed by atoms with E-state index in [0.29, 0.717) is 55.5 Å². The van der Waals surface area contributed by atoms with Crippen molar-refractivity contribution in [2.24, 2.45) is 0 Å². The van der Waals surface area contributed by atoms with Gasteiger partial charge in [-0.05, 0) is 61.5 Å². The van der Waals surface area contributed by atoms with Crippen LogP contribution in [0.25, 0.3) is 0 Å². The van der Waals surface area contributed by atoms with Crippen LogP contribution < -0.4 is 19.6 Å². The van der Waals surface area contributed by atoms with E-state index in [2.05, 4.69) is 16.8 Å². The largest absolute Gasteiger partial charge is 0.445 e. The van der Waals surface area contributed by atoms with Crippen molar-refractivity contribution in [3.63, 3.8) is 0 Å². The number of piperazine rings is 2. The Balaban J connectivity index is 0.000000179. The summed E-state index contributed by atoms with van der Waals surface area (Å²) >= 11 is 0. The predicted molar refractivity (Wildman–Crippen MR) is 242 cm³/mol. The number of ether oxygens (including phenoxy) is 3. The molecule has 0 spiro atoms. The molecule has 2 atom stereocenters. The van der Waals surface area contributed by atoms with E-state index in [1.165, 1.54) is 40.1 Å². The number of carbonyl (C=O) groups is 3. The van der Waals surface area contributed by atoms with E-state index in [1.807, 2.05) is 42.2 Å². The van der Waals surface area contributed by atoms with Crippen LogP contribution in [0.1, 0.15) is 18.9 Å². The number of aliphatic hydroxyl groups excluding tert-OH is 1. The van der Waals surface area contributed by atoms with Crippen LogP contribution in [0.4, 0.5) is 51.6 Å². The average molecular weight is 958 g/mol. The highest BCUT2D eigenvalue weighted by Gasteiger charge is 2.34. The number of nitro groups is 1. The number of non-ortho nitro benzene ring substituents is 1. The summed E-state index contributed by atoms with van der Waals surface area (Å²) in [5.41, 5.74) is 2.58. The number of amides is 3. The highest BCUT2D eigenvalue weighted by molar-refractivity contribution is 8.13. The van der Waals surface area contributed by atoms with E-state index in [0.717, 1.165) is 44.2 Å². The second-order valence-electron chi connectivity index (χ2n) is 15.6. The molecule has 4 heterocycles. The van der Waals surface area contributed by atoms with Gasteiger partial charge in [0, 0.05) is 75.2 Å². The molecule has 4 fully saturated rings. The van der Waals surface area contributed by atoms with E-state index in [4.69, 9.17) is 30.0 Å². The maximum atomic E-state index is 14.8. The van der Waals surface area contributed by atoms with Crippen molar-refractivity contribution in [3.05, 3.63) is 118 Å². The minimum Gasteiger partial charge on any atom is -0.445 e. The van der Waals surface area contributed by atoms with Crippen LogP contribution in [0.3, 0.4) is 0 Å². The Kier molecular flexibility index (Phi) is 16.6. The summed E-state index contributed by atoms with van der Waals surface area (Å²) < 4.78 is 66.3. The van der Waals surface area contributed by atoms with Crippen molar-refractivity contribution >= 4 is 66.4 Å². The topological polar surface area (TPSA) is 196 Å². The number of hydrogen-bond acceptors (Lipinski definition) is 14. The third-order valence-electron chi connectivity index (χ3n) is 11.1. The fourth-order valence-corrected chi connectivity index (χ4v) is 8.14. The first kappa shape index (κ1) is 49.2. The van der Waals surface area contributed by atoms with Crippen LogP contribution in [-0.4, -0.2) is 138 Å². The molecule has 0 radical (unpaired) electrons. The first-order valence-corrected chi connectivity index (χ1v) is 23.3. The Bertz CT molecular complexity index is 2460. The van der Waals surface area contributed by atoms with E-state index in [-0.39, 0.29) is 48.4 Å². The van der Waals surface area contributed by atoms with Gasteiger partial charge in [-0.2, -0.15) is 0 Å². The molecule has 4 aliphatic heterocycles. The standard InChI is InChI=1S/C22H24FN3O5.C16H22FN3O2.C6H4ClNO4S/c23-19-12-17(26-13-18(14-27)31-22(26)29)6-7-20(19)24-8-10-25(11-9-24)21(28)30-15-16-4-2-1-3-5-16;1-3-13-11-20(16(21)22-13)12-4-5-15(14(17)10-12)19-8-6-18(2)7-9-19;7-13(11,12)6-3-1-2-5(4-6)8(9)10/h1-7,12,18,27H,8-11,13-15H2;4-5,10,13H,3,6-9,11H2,1-2H3;1-4H/t18-;13-;/m10./s1. The second-order valence-corrected chi connectivity index (χ2v) is 18.2. The molecule has 4 aliphatic rings. The number of cyclic esters (lactones) is 2. The smallest absolute Gasteiger partial charge is 0.414 e. The molecular formula is C44H50ClF2N7O11S. The number of carbonyl (C=O) groups excluding carboxylic acids is 3. The Labute approximate surface area is 384 Å². The van der Waals surface area contributed by atoms with Gasteiger partial charge in [-0.15, -0.1) is 0 Å². The highest BCUT2D eigenvalue weighted by Crippen LogP contribution is 2.31. The summed E-state index contributed by atoms with van der Waals surface area (Å²) in [4.78, 5) is 55.9. The lowest BCUT2D eigenvalue weighted by atomic mass is 10.2. The van der Waals surface area contributed by atoms with Crippen LogP contribution in [-0.2, 0) is 29.9 Å².